The van der Waals surface area contributed by atoms with E-state index < -0.39 is 23.1 Å². The van der Waals surface area contributed by atoms with E-state index in [1.165, 1.54) is 6.07 Å². The summed E-state index contributed by atoms with van der Waals surface area (Å²) in [6.07, 6.45) is 2.45. The van der Waals surface area contributed by atoms with Crippen LogP contribution in [-0.2, 0) is 4.79 Å². The van der Waals surface area contributed by atoms with E-state index in [9.17, 15) is 13.6 Å². The van der Waals surface area contributed by atoms with Gasteiger partial charge in [-0.1, -0.05) is 6.42 Å². The van der Waals surface area contributed by atoms with Crippen LogP contribution in [0.15, 0.2) is 18.2 Å². The molecule has 0 amide bonds. The van der Waals surface area contributed by atoms with E-state index in [0.29, 0.717) is 12.8 Å². The van der Waals surface area contributed by atoms with Crippen molar-refractivity contribution in [1.82, 2.24) is 0 Å². The molecule has 1 fully saturated rings. The summed E-state index contributed by atoms with van der Waals surface area (Å²) in [6.45, 7) is 0.224. The Labute approximate surface area is 115 Å². The van der Waals surface area contributed by atoms with Crippen LogP contribution in [0.4, 0.5) is 8.78 Å². The van der Waals surface area contributed by atoms with E-state index in [2.05, 4.69) is 0 Å². The maximum Gasteiger partial charge on any atom is 0.323 e. The summed E-state index contributed by atoms with van der Waals surface area (Å²) in [4.78, 5) is 11.2. The van der Waals surface area contributed by atoms with Gasteiger partial charge in [-0.2, -0.15) is 0 Å². The van der Waals surface area contributed by atoms with Crippen LogP contribution in [0, 0.1) is 17.6 Å². The topological polar surface area (TPSA) is 72.6 Å². The first-order valence-corrected chi connectivity index (χ1v) is 6.53. The molecule has 20 heavy (non-hydrogen) atoms. The molecule has 1 aromatic carbocycles. The summed E-state index contributed by atoms with van der Waals surface area (Å²) in [5.74, 6) is -2.83. The summed E-state index contributed by atoms with van der Waals surface area (Å²) in [5.41, 5.74) is 4.71. The second kappa shape index (κ2) is 5.75. The molecule has 0 aromatic heterocycles. The number of hydrogen-bond acceptors (Lipinski definition) is 3. The average molecular weight is 285 g/mol. The highest BCUT2D eigenvalue weighted by Gasteiger charge is 2.45. The number of carbonyl (C=O) groups is 1. The van der Waals surface area contributed by atoms with Crippen LogP contribution in [0.3, 0.4) is 0 Å². The van der Waals surface area contributed by atoms with Crippen LogP contribution in [0.2, 0.25) is 0 Å². The normalized spacial score (nSPS) is 25.6. The van der Waals surface area contributed by atoms with Gasteiger partial charge in [0.15, 0.2) is 11.6 Å². The van der Waals surface area contributed by atoms with Crippen LogP contribution in [0.1, 0.15) is 25.7 Å². The Kier molecular flexibility index (Phi) is 4.23. The van der Waals surface area contributed by atoms with Gasteiger partial charge < -0.3 is 15.6 Å². The summed E-state index contributed by atoms with van der Waals surface area (Å²) in [7, 11) is 0. The molecule has 0 heterocycles. The van der Waals surface area contributed by atoms with Gasteiger partial charge in [0.25, 0.3) is 0 Å². The average Bonchev–Trinajstić information content (AvgIpc) is 2.77. The molecule has 2 atom stereocenters. The molecule has 1 aromatic rings. The molecule has 1 aliphatic rings. The minimum atomic E-state index is -1.20. The highest BCUT2D eigenvalue weighted by atomic mass is 19.2. The van der Waals surface area contributed by atoms with E-state index >= 15 is 0 Å². The number of benzene rings is 1. The second-order valence-corrected chi connectivity index (χ2v) is 5.15. The molecule has 1 saturated carbocycles. The fourth-order valence-electron chi connectivity index (χ4n) is 2.67. The Bertz CT molecular complexity index is 509. The summed E-state index contributed by atoms with van der Waals surface area (Å²) in [6, 6.07) is 3.29. The number of carboxylic acid groups (broad SMARTS) is 1. The number of carboxylic acids is 1. The van der Waals surface area contributed by atoms with Crippen molar-refractivity contribution in [2.75, 3.05) is 6.61 Å². The largest absolute Gasteiger partial charge is 0.493 e. The van der Waals surface area contributed by atoms with E-state index in [0.717, 1.165) is 25.0 Å². The minimum absolute atomic E-state index is 0.162. The monoisotopic (exact) mass is 285 g/mol. The predicted molar refractivity (Wildman–Crippen MR) is 68.4 cm³/mol. The number of ether oxygens (including phenoxy) is 1. The molecule has 6 heteroatoms. The lowest BCUT2D eigenvalue weighted by Crippen LogP contribution is -2.51. The number of aliphatic carboxylic acids is 1. The molecule has 3 N–H and O–H groups in total. The van der Waals surface area contributed by atoms with Crippen LogP contribution in [0.25, 0.3) is 0 Å². The van der Waals surface area contributed by atoms with Gasteiger partial charge >= 0.3 is 5.97 Å². The minimum Gasteiger partial charge on any atom is -0.493 e. The zero-order valence-corrected chi connectivity index (χ0v) is 10.9. The van der Waals surface area contributed by atoms with Gasteiger partial charge in [0, 0.05) is 6.07 Å². The zero-order valence-electron chi connectivity index (χ0n) is 10.9. The van der Waals surface area contributed by atoms with Crippen molar-refractivity contribution in [2.45, 2.75) is 31.2 Å². The van der Waals surface area contributed by atoms with E-state index in [1.54, 1.807) is 0 Å². The molecule has 0 radical (unpaired) electrons. The van der Waals surface area contributed by atoms with Gasteiger partial charge in [-0.15, -0.1) is 0 Å². The van der Waals surface area contributed by atoms with Crippen molar-refractivity contribution >= 4 is 5.97 Å². The lowest BCUT2D eigenvalue weighted by molar-refractivity contribution is -0.144. The van der Waals surface area contributed by atoms with Crippen LogP contribution in [0.5, 0.6) is 5.75 Å². The van der Waals surface area contributed by atoms with Crippen LogP contribution in [-0.4, -0.2) is 23.2 Å². The lowest BCUT2D eigenvalue weighted by atomic mass is 9.86. The maximum atomic E-state index is 13.0. The summed E-state index contributed by atoms with van der Waals surface area (Å²) in [5, 5.41) is 9.17. The van der Waals surface area contributed by atoms with Crippen molar-refractivity contribution in [1.29, 1.82) is 0 Å². The van der Waals surface area contributed by atoms with Crippen molar-refractivity contribution in [3.8, 4) is 5.75 Å². The fraction of sp³-hybridized carbons (Fsp3) is 0.500. The maximum absolute atomic E-state index is 13.0. The predicted octanol–water partition coefficient (Wildman–Crippen LogP) is 2.32. The summed E-state index contributed by atoms with van der Waals surface area (Å²) < 4.78 is 31.1. The molecule has 0 bridgehead atoms. The number of halogens is 2. The van der Waals surface area contributed by atoms with Gasteiger partial charge in [0.2, 0.25) is 0 Å². The Hall–Kier alpha value is -1.69. The second-order valence-electron chi connectivity index (χ2n) is 5.15. The highest BCUT2D eigenvalue weighted by Crippen LogP contribution is 2.36. The summed E-state index contributed by atoms with van der Waals surface area (Å²) >= 11 is 0. The molecule has 2 rings (SSSR count). The molecular formula is C14H17F2NO3. The first-order chi connectivity index (χ1) is 9.43. The van der Waals surface area contributed by atoms with Gasteiger partial charge in [-0.25, -0.2) is 8.78 Å². The van der Waals surface area contributed by atoms with Crippen LogP contribution < -0.4 is 10.5 Å². The highest BCUT2D eigenvalue weighted by molar-refractivity contribution is 5.79. The molecule has 4 nitrogen and oxygen atoms in total. The van der Waals surface area contributed by atoms with Crippen molar-refractivity contribution < 1.29 is 23.4 Å². The molecule has 110 valence electrons. The van der Waals surface area contributed by atoms with Crippen molar-refractivity contribution in [3.05, 3.63) is 29.8 Å². The van der Waals surface area contributed by atoms with E-state index in [4.69, 9.17) is 15.6 Å². The lowest BCUT2D eigenvalue weighted by Gasteiger charge is -2.26. The fourth-order valence-corrected chi connectivity index (χ4v) is 2.67. The van der Waals surface area contributed by atoms with Crippen LogP contribution >= 0.6 is 0 Å². The zero-order chi connectivity index (χ0) is 14.8. The first kappa shape index (κ1) is 14.7. The Balaban J connectivity index is 1.89. The Morgan fingerprint density at radius 2 is 2.20 bits per heavy atom. The smallest absolute Gasteiger partial charge is 0.323 e. The molecule has 2 unspecified atom stereocenters. The van der Waals surface area contributed by atoms with E-state index in [-0.39, 0.29) is 18.3 Å². The first-order valence-electron chi connectivity index (χ1n) is 6.53. The number of rotatable bonds is 5. The van der Waals surface area contributed by atoms with Gasteiger partial charge in [0.05, 0.1) is 6.61 Å². The third-order valence-electron chi connectivity index (χ3n) is 3.90. The van der Waals surface area contributed by atoms with Gasteiger partial charge in [-0.05, 0) is 37.3 Å². The third-order valence-corrected chi connectivity index (χ3v) is 3.90. The van der Waals surface area contributed by atoms with Crippen molar-refractivity contribution in [3.63, 3.8) is 0 Å². The molecular weight excluding hydrogens is 268 g/mol. The Morgan fingerprint density at radius 3 is 2.85 bits per heavy atom. The molecule has 0 saturated heterocycles. The Morgan fingerprint density at radius 1 is 1.45 bits per heavy atom. The standard InChI is InChI=1S/C14H17F2NO3/c15-11-4-3-10(8-12(11)16)20-7-5-9-2-1-6-14(9,17)13(18)19/h3-4,8-9H,1-2,5-7,17H2,(H,18,19). The number of nitrogens with two attached hydrogens (primary N) is 1. The quantitative estimate of drug-likeness (QED) is 0.870. The van der Waals surface area contributed by atoms with E-state index in [1.807, 2.05) is 0 Å². The van der Waals surface area contributed by atoms with Gasteiger partial charge in [0.1, 0.15) is 11.3 Å². The molecule has 1 aliphatic carbocycles. The number of hydrogen-bond donors (Lipinski definition) is 2. The third kappa shape index (κ3) is 2.90. The molecule has 0 spiro atoms. The van der Waals surface area contributed by atoms with Crippen molar-refractivity contribution in [2.24, 2.45) is 11.7 Å². The van der Waals surface area contributed by atoms with Gasteiger partial charge in [-0.3, -0.25) is 4.79 Å². The molecule has 0 aliphatic heterocycles. The SMILES string of the molecule is NC1(C(=O)O)CCCC1CCOc1ccc(F)c(F)c1.